The number of hydrogen-bond donors (Lipinski definition) is 1. The summed E-state index contributed by atoms with van der Waals surface area (Å²) in [6.45, 7) is 4.58. The molecule has 1 N–H and O–H groups in total. The summed E-state index contributed by atoms with van der Waals surface area (Å²) in [5.41, 5.74) is 1.60. The predicted molar refractivity (Wildman–Crippen MR) is 70.2 cm³/mol. The van der Waals surface area contributed by atoms with E-state index in [1.165, 1.54) is 6.20 Å². The predicted octanol–water partition coefficient (Wildman–Crippen LogP) is 3.71. The topological polar surface area (TPSA) is 54.4 Å². The molecular formula is C11H13Cl2N3O. The van der Waals surface area contributed by atoms with Crippen LogP contribution in [0.4, 0.5) is 0 Å². The van der Waals surface area contributed by atoms with Crippen molar-refractivity contribution in [2.75, 3.05) is 6.54 Å². The highest BCUT2D eigenvalue weighted by molar-refractivity contribution is 6.41. The van der Waals surface area contributed by atoms with Crippen molar-refractivity contribution < 1.29 is 0 Å². The van der Waals surface area contributed by atoms with Crippen molar-refractivity contribution in [3.8, 4) is 0 Å². The van der Waals surface area contributed by atoms with E-state index in [4.69, 9.17) is 23.2 Å². The standard InChI is InChI=1S/C11H13Cl2N3O/c1-3-14-10(6-16-17)7(2)8-4-9(12)11(13)15-5-8/h4-7,14H,3H2,1-2H3/b10-6-. The molecule has 0 amide bonds. The van der Waals surface area contributed by atoms with Crippen molar-refractivity contribution in [2.45, 2.75) is 19.8 Å². The first-order valence-corrected chi connectivity index (χ1v) is 5.93. The molecule has 0 aliphatic heterocycles. The van der Waals surface area contributed by atoms with Gasteiger partial charge in [0.05, 0.1) is 11.2 Å². The molecule has 1 rings (SSSR count). The molecule has 1 aromatic heterocycles. The van der Waals surface area contributed by atoms with Crippen molar-refractivity contribution in [3.05, 3.63) is 44.8 Å². The van der Waals surface area contributed by atoms with Crippen LogP contribution in [0.15, 0.2) is 29.3 Å². The fourth-order valence-corrected chi connectivity index (χ4v) is 1.70. The van der Waals surface area contributed by atoms with Crippen molar-refractivity contribution in [2.24, 2.45) is 5.18 Å². The van der Waals surface area contributed by atoms with Gasteiger partial charge in [0.1, 0.15) is 5.15 Å². The first-order chi connectivity index (χ1) is 8.10. The third kappa shape index (κ3) is 3.68. The lowest BCUT2D eigenvalue weighted by Crippen LogP contribution is -2.17. The number of hydrogen-bond acceptors (Lipinski definition) is 4. The zero-order valence-corrected chi connectivity index (χ0v) is 11.1. The van der Waals surface area contributed by atoms with Gasteiger partial charge < -0.3 is 5.32 Å². The van der Waals surface area contributed by atoms with E-state index in [2.05, 4.69) is 15.5 Å². The van der Waals surface area contributed by atoms with Gasteiger partial charge in [-0.2, -0.15) is 0 Å². The molecule has 1 aromatic rings. The molecule has 17 heavy (non-hydrogen) atoms. The molecule has 1 atom stereocenters. The number of rotatable bonds is 5. The molecule has 1 heterocycles. The highest BCUT2D eigenvalue weighted by Gasteiger charge is 2.13. The zero-order chi connectivity index (χ0) is 12.8. The minimum absolute atomic E-state index is 0.0464. The molecule has 4 nitrogen and oxygen atoms in total. The molecule has 0 aliphatic carbocycles. The number of likely N-dealkylation sites (N-methyl/N-ethyl adjacent to an activating group) is 1. The Morgan fingerprint density at radius 3 is 2.88 bits per heavy atom. The van der Waals surface area contributed by atoms with Crippen LogP contribution in [-0.2, 0) is 0 Å². The quantitative estimate of drug-likeness (QED) is 0.657. The minimum atomic E-state index is -0.0464. The average molecular weight is 274 g/mol. The Kier molecular flexibility index (Phi) is 5.38. The molecule has 0 saturated carbocycles. The minimum Gasteiger partial charge on any atom is -0.387 e. The summed E-state index contributed by atoms with van der Waals surface area (Å²) in [5, 5.41) is 6.53. The molecule has 1 unspecified atom stereocenters. The molecule has 0 aliphatic rings. The first-order valence-electron chi connectivity index (χ1n) is 5.17. The van der Waals surface area contributed by atoms with E-state index >= 15 is 0 Å². The Hall–Kier alpha value is -1.13. The monoisotopic (exact) mass is 273 g/mol. The molecule has 0 saturated heterocycles. The molecule has 6 heteroatoms. The number of nitrogens with one attached hydrogen (secondary N) is 1. The molecule has 0 aromatic carbocycles. The van der Waals surface area contributed by atoms with Gasteiger partial charge in [0.2, 0.25) is 0 Å². The van der Waals surface area contributed by atoms with E-state index in [0.29, 0.717) is 11.6 Å². The third-order valence-corrected chi connectivity index (χ3v) is 3.04. The zero-order valence-electron chi connectivity index (χ0n) is 9.58. The third-order valence-electron chi connectivity index (χ3n) is 2.36. The second-order valence-corrected chi connectivity index (χ2v) is 4.25. The highest BCUT2D eigenvalue weighted by Crippen LogP contribution is 2.27. The van der Waals surface area contributed by atoms with E-state index in [1.54, 1.807) is 12.3 Å². The number of nitroso groups, excluding NO2 is 1. The van der Waals surface area contributed by atoms with Crippen LogP contribution in [-0.4, -0.2) is 11.5 Å². The van der Waals surface area contributed by atoms with Crippen molar-refractivity contribution in [1.29, 1.82) is 0 Å². The molecule has 0 fully saturated rings. The van der Waals surface area contributed by atoms with Gasteiger partial charge in [-0.3, -0.25) is 0 Å². The maximum atomic E-state index is 10.3. The van der Waals surface area contributed by atoms with Crippen LogP contribution in [0.3, 0.4) is 0 Å². The number of aromatic nitrogens is 1. The lowest BCUT2D eigenvalue weighted by atomic mass is 10.00. The van der Waals surface area contributed by atoms with Gasteiger partial charge in [-0.25, -0.2) is 4.98 Å². The maximum absolute atomic E-state index is 10.3. The van der Waals surface area contributed by atoms with Crippen LogP contribution in [0.25, 0.3) is 0 Å². The SMILES string of the molecule is CCN/C(=C\N=O)C(C)c1cnc(Cl)c(Cl)c1. The normalized spacial score (nSPS) is 13.3. The Morgan fingerprint density at radius 1 is 1.65 bits per heavy atom. The lowest BCUT2D eigenvalue weighted by Gasteiger charge is -2.16. The summed E-state index contributed by atoms with van der Waals surface area (Å²) in [7, 11) is 0. The Labute approximate surface area is 110 Å². The summed E-state index contributed by atoms with van der Waals surface area (Å²) >= 11 is 11.6. The second kappa shape index (κ2) is 6.57. The van der Waals surface area contributed by atoms with Gasteiger partial charge in [0.15, 0.2) is 0 Å². The Morgan fingerprint density at radius 2 is 2.35 bits per heavy atom. The van der Waals surface area contributed by atoms with Gasteiger partial charge in [0, 0.05) is 24.4 Å². The number of allylic oxidation sites excluding steroid dienone is 1. The lowest BCUT2D eigenvalue weighted by molar-refractivity contribution is 0.733. The maximum Gasteiger partial charge on any atom is 0.147 e. The second-order valence-electron chi connectivity index (χ2n) is 3.48. The number of halogens is 2. The van der Waals surface area contributed by atoms with Crippen LogP contribution in [0, 0.1) is 4.91 Å². The molecule has 0 radical (unpaired) electrons. The van der Waals surface area contributed by atoms with E-state index in [9.17, 15) is 4.91 Å². The first kappa shape index (κ1) is 13.9. The van der Waals surface area contributed by atoms with Gasteiger partial charge in [0.25, 0.3) is 0 Å². The molecule has 92 valence electrons. The van der Waals surface area contributed by atoms with Crippen molar-refractivity contribution in [1.82, 2.24) is 10.3 Å². The molecular weight excluding hydrogens is 261 g/mol. The van der Waals surface area contributed by atoms with Crippen LogP contribution < -0.4 is 5.32 Å². The fraction of sp³-hybridized carbons (Fsp3) is 0.364. The Bertz CT molecular complexity index is 435. The van der Waals surface area contributed by atoms with Gasteiger partial charge in [-0.05, 0) is 23.7 Å². The van der Waals surface area contributed by atoms with Crippen molar-refractivity contribution >= 4 is 23.2 Å². The van der Waals surface area contributed by atoms with Crippen molar-refractivity contribution in [3.63, 3.8) is 0 Å². The van der Waals surface area contributed by atoms with E-state index in [-0.39, 0.29) is 11.1 Å². The summed E-state index contributed by atoms with van der Waals surface area (Å²) in [6.07, 6.45) is 2.89. The average Bonchev–Trinajstić information content (AvgIpc) is 2.31. The van der Waals surface area contributed by atoms with E-state index in [1.807, 2.05) is 13.8 Å². The fourth-order valence-electron chi connectivity index (χ4n) is 1.42. The van der Waals surface area contributed by atoms with Gasteiger partial charge in [-0.15, -0.1) is 4.91 Å². The summed E-state index contributed by atoms with van der Waals surface area (Å²) < 4.78 is 0. The van der Waals surface area contributed by atoms with Crippen LogP contribution in [0.5, 0.6) is 0 Å². The van der Waals surface area contributed by atoms with Crippen LogP contribution in [0.2, 0.25) is 10.2 Å². The highest BCUT2D eigenvalue weighted by atomic mass is 35.5. The number of nitrogens with zero attached hydrogens (tertiary/aromatic N) is 2. The number of pyridine rings is 1. The van der Waals surface area contributed by atoms with E-state index in [0.717, 1.165) is 11.3 Å². The summed E-state index contributed by atoms with van der Waals surface area (Å²) in [5.74, 6) is -0.0464. The Balaban J connectivity index is 3.00. The van der Waals surface area contributed by atoms with Gasteiger partial charge >= 0.3 is 0 Å². The van der Waals surface area contributed by atoms with Crippen LogP contribution >= 0.6 is 23.2 Å². The van der Waals surface area contributed by atoms with E-state index < -0.39 is 0 Å². The largest absolute Gasteiger partial charge is 0.387 e. The molecule has 0 spiro atoms. The summed E-state index contributed by atoms with van der Waals surface area (Å²) in [6, 6.07) is 1.73. The summed E-state index contributed by atoms with van der Waals surface area (Å²) in [4.78, 5) is 14.3. The van der Waals surface area contributed by atoms with Crippen LogP contribution in [0.1, 0.15) is 25.3 Å². The smallest absolute Gasteiger partial charge is 0.147 e. The van der Waals surface area contributed by atoms with Gasteiger partial charge in [-0.1, -0.05) is 30.1 Å². The molecule has 0 bridgehead atoms.